The van der Waals surface area contributed by atoms with Crippen LogP contribution in [0.4, 0.5) is 0 Å². The van der Waals surface area contributed by atoms with Crippen molar-refractivity contribution >= 4 is 26.7 Å². The van der Waals surface area contributed by atoms with Gasteiger partial charge >= 0.3 is 0 Å². The predicted octanol–water partition coefficient (Wildman–Crippen LogP) is 5.15. The Kier molecular flexibility index (Phi) is 7.04. The Hall–Kier alpha value is -1.06. The number of unbranched alkanes of at least 4 members (excludes halogenated alkanes) is 2. The summed E-state index contributed by atoms with van der Waals surface area (Å²) in [6.45, 7) is 5.21. The Balaban J connectivity index is 1.75. The first-order valence-corrected chi connectivity index (χ1v) is 8.63. The molecule has 2 rings (SSSR count). The van der Waals surface area contributed by atoms with E-state index >= 15 is 0 Å². The molecule has 1 N–H and O–H groups in total. The minimum atomic E-state index is 0.770. The summed E-state index contributed by atoms with van der Waals surface area (Å²) < 4.78 is 6.96. The van der Waals surface area contributed by atoms with Crippen LogP contribution in [-0.4, -0.2) is 19.7 Å². The minimum Gasteiger partial charge on any atom is -0.492 e. The van der Waals surface area contributed by atoms with Crippen LogP contribution < -0.4 is 10.1 Å². The molecule has 0 atom stereocenters. The molecule has 114 valence electrons. The number of nitrogens with one attached hydrogen (secondary N) is 1. The zero-order chi connectivity index (χ0) is 14.9. The highest BCUT2D eigenvalue weighted by molar-refractivity contribution is 9.10. The highest BCUT2D eigenvalue weighted by Crippen LogP contribution is 2.33. The van der Waals surface area contributed by atoms with E-state index in [1.165, 1.54) is 23.6 Å². The molecule has 0 fully saturated rings. The molecule has 2 nitrogen and oxygen atoms in total. The fourth-order valence-corrected chi connectivity index (χ4v) is 2.89. The average molecular weight is 350 g/mol. The molecule has 0 aliphatic carbocycles. The third-order valence-corrected chi connectivity index (χ3v) is 4.36. The number of benzene rings is 2. The summed E-state index contributed by atoms with van der Waals surface area (Å²) in [4.78, 5) is 0. The maximum absolute atomic E-state index is 5.90. The molecule has 2 aromatic rings. The molecule has 0 aliphatic heterocycles. The number of hydrogen-bond acceptors (Lipinski definition) is 2. The van der Waals surface area contributed by atoms with Crippen molar-refractivity contribution in [2.24, 2.45) is 0 Å². The van der Waals surface area contributed by atoms with Crippen molar-refractivity contribution in [2.45, 2.75) is 32.6 Å². The van der Waals surface area contributed by atoms with Gasteiger partial charge in [0.1, 0.15) is 5.75 Å². The fourth-order valence-electron chi connectivity index (χ4n) is 2.29. The largest absolute Gasteiger partial charge is 0.492 e. The van der Waals surface area contributed by atoms with E-state index in [4.69, 9.17) is 4.74 Å². The molecular formula is C18H24BrNO. The number of rotatable bonds is 9. The van der Waals surface area contributed by atoms with Crippen LogP contribution in [0.25, 0.3) is 10.8 Å². The van der Waals surface area contributed by atoms with Gasteiger partial charge in [0.15, 0.2) is 0 Å². The maximum Gasteiger partial charge on any atom is 0.134 e. The quantitative estimate of drug-likeness (QED) is 0.632. The van der Waals surface area contributed by atoms with Gasteiger partial charge in [-0.25, -0.2) is 0 Å². The van der Waals surface area contributed by atoms with E-state index in [-0.39, 0.29) is 0 Å². The van der Waals surface area contributed by atoms with Gasteiger partial charge in [-0.1, -0.05) is 43.7 Å². The molecule has 21 heavy (non-hydrogen) atoms. The second kappa shape index (κ2) is 9.06. The summed E-state index contributed by atoms with van der Waals surface area (Å²) in [5.41, 5.74) is 0. The van der Waals surface area contributed by atoms with E-state index in [0.717, 1.165) is 42.8 Å². The predicted molar refractivity (Wildman–Crippen MR) is 94.2 cm³/mol. The van der Waals surface area contributed by atoms with Gasteiger partial charge in [0, 0.05) is 0 Å². The summed E-state index contributed by atoms with van der Waals surface area (Å²) in [5, 5.41) is 5.89. The summed E-state index contributed by atoms with van der Waals surface area (Å²) in [7, 11) is 0. The summed E-state index contributed by atoms with van der Waals surface area (Å²) in [5.74, 6) is 0.938. The molecule has 0 unspecified atom stereocenters. The topological polar surface area (TPSA) is 21.3 Å². The number of halogens is 1. The number of ether oxygens (including phenoxy) is 1. The molecule has 0 aromatic heterocycles. The second-order valence-corrected chi connectivity index (χ2v) is 6.05. The first kappa shape index (κ1) is 16.3. The lowest BCUT2D eigenvalue weighted by Crippen LogP contribution is -2.17. The lowest BCUT2D eigenvalue weighted by molar-refractivity contribution is 0.304. The lowest BCUT2D eigenvalue weighted by Gasteiger charge is -2.10. The first-order valence-electron chi connectivity index (χ1n) is 7.83. The van der Waals surface area contributed by atoms with Crippen molar-refractivity contribution in [3.63, 3.8) is 0 Å². The van der Waals surface area contributed by atoms with Crippen molar-refractivity contribution in [3.8, 4) is 5.75 Å². The van der Waals surface area contributed by atoms with E-state index in [2.05, 4.69) is 58.5 Å². The van der Waals surface area contributed by atoms with Gasteiger partial charge < -0.3 is 10.1 Å². The molecule has 3 heteroatoms. The normalized spacial score (nSPS) is 11.0. The number of hydrogen-bond donors (Lipinski definition) is 1. The van der Waals surface area contributed by atoms with E-state index in [1.807, 2.05) is 6.07 Å². The van der Waals surface area contributed by atoms with Crippen LogP contribution >= 0.6 is 15.9 Å². The Morgan fingerprint density at radius 3 is 2.67 bits per heavy atom. The van der Waals surface area contributed by atoms with Crippen LogP contribution in [0, 0.1) is 0 Å². The van der Waals surface area contributed by atoms with Crippen molar-refractivity contribution in [3.05, 3.63) is 40.9 Å². The zero-order valence-corrected chi connectivity index (χ0v) is 14.3. The highest BCUT2D eigenvalue weighted by Gasteiger charge is 2.05. The molecule has 0 spiro atoms. The van der Waals surface area contributed by atoms with Gasteiger partial charge in [-0.2, -0.15) is 0 Å². The molecule has 0 saturated carbocycles. The van der Waals surface area contributed by atoms with Crippen molar-refractivity contribution in [2.75, 3.05) is 19.7 Å². The monoisotopic (exact) mass is 349 g/mol. The van der Waals surface area contributed by atoms with Gasteiger partial charge in [-0.15, -0.1) is 0 Å². The van der Waals surface area contributed by atoms with Gasteiger partial charge in [-0.3, -0.25) is 0 Å². The third-order valence-electron chi connectivity index (χ3n) is 3.54. The SMILES string of the molecule is CCCCNCCCCOc1ccc2ccccc2c1Br. The van der Waals surface area contributed by atoms with Gasteiger partial charge in [0.05, 0.1) is 11.1 Å². The maximum atomic E-state index is 5.90. The Bertz CT molecular complexity index is 556. The van der Waals surface area contributed by atoms with E-state index in [0.29, 0.717) is 0 Å². The average Bonchev–Trinajstić information content (AvgIpc) is 2.52. The molecular weight excluding hydrogens is 326 g/mol. The van der Waals surface area contributed by atoms with Crippen molar-refractivity contribution < 1.29 is 4.74 Å². The number of fused-ring (bicyclic) bond motifs is 1. The summed E-state index contributed by atoms with van der Waals surface area (Å²) in [6.07, 6.45) is 4.76. The van der Waals surface area contributed by atoms with Crippen LogP contribution in [0.3, 0.4) is 0 Å². The molecule has 0 saturated heterocycles. The van der Waals surface area contributed by atoms with Crippen LogP contribution in [-0.2, 0) is 0 Å². The van der Waals surface area contributed by atoms with E-state index in [1.54, 1.807) is 0 Å². The van der Waals surface area contributed by atoms with Crippen molar-refractivity contribution in [1.29, 1.82) is 0 Å². The highest BCUT2D eigenvalue weighted by atomic mass is 79.9. The van der Waals surface area contributed by atoms with Gasteiger partial charge in [0.2, 0.25) is 0 Å². The Morgan fingerprint density at radius 2 is 1.81 bits per heavy atom. The van der Waals surface area contributed by atoms with E-state index in [9.17, 15) is 0 Å². The molecule has 0 aliphatic rings. The molecule has 0 bridgehead atoms. The van der Waals surface area contributed by atoms with Crippen molar-refractivity contribution in [1.82, 2.24) is 5.32 Å². The lowest BCUT2D eigenvalue weighted by atomic mass is 10.1. The molecule has 0 heterocycles. The fraction of sp³-hybridized carbons (Fsp3) is 0.444. The Morgan fingerprint density at radius 1 is 1.00 bits per heavy atom. The minimum absolute atomic E-state index is 0.770. The van der Waals surface area contributed by atoms with Crippen LogP contribution in [0.2, 0.25) is 0 Å². The standard InChI is InChI=1S/C18H24BrNO/c1-2-3-12-20-13-6-7-14-21-17-11-10-15-8-4-5-9-16(15)18(17)19/h4-5,8-11,20H,2-3,6-7,12-14H2,1H3. The smallest absolute Gasteiger partial charge is 0.134 e. The summed E-state index contributed by atoms with van der Waals surface area (Å²) in [6, 6.07) is 12.5. The molecule has 0 amide bonds. The van der Waals surface area contributed by atoms with Gasteiger partial charge in [-0.05, 0) is 65.1 Å². The van der Waals surface area contributed by atoms with Gasteiger partial charge in [0.25, 0.3) is 0 Å². The van der Waals surface area contributed by atoms with Crippen LogP contribution in [0.1, 0.15) is 32.6 Å². The van der Waals surface area contributed by atoms with Crippen LogP contribution in [0.5, 0.6) is 5.75 Å². The second-order valence-electron chi connectivity index (χ2n) is 5.26. The zero-order valence-electron chi connectivity index (χ0n) is 12.7. The molecule has 2 aromatic carbocycles. The molecule has 0 radical (unpaired) electrons. The third kappa shape index (κ3) is 5.01. The van der Waals surface area contributed by atoms with E-state index < -0.39 is 0 Å². The first-order chi connectivity index (χ1) is 10.3. The Labute approximate surface area is 136 Å². The summed E-state index contributed by atoms with van der Waals surface area (Å²) >= 11 is 3.66. The van der Waals surface area contributed by atoms with Crippen LogP contribution in [0.15, 0.2) is 40.9 Å².